The molecule has 0 amide bonds. The first-order valence-electron chi connectivity index (χ1n) is 10.3. The molecule has 2 rings (SSSR count). The van der Waals surface area contributed by atoms with Crippen LogP contribution in [-0.2, 0) is 0 Å². The van der Waals surface area contributed by atoms with Crippen molar-refractivity contribution in [2.75, 3.05) is 45.9 Å². The summed E-state index contributed by atoms with van der Waals surface area (Å²) in [7, 11) is 0. The van der Waals surface area contributed by atoms with Crippen LogP contribution >= 0.6 is 24.0 Å². The van der Waals surface area contributed by atoms with Gasteiger partial charge >= 0.3 is 6.18 Å². The fraction of sp³-hybridized carbons (Fsp3) is 0.947. The first-order chi connectivity index (χ1) is 12.9. The van der Waals surface area contributed by atoms with Gasteiger partial charge in [-0.05, 0) is 50.5 Å². The van der Waals surface area contributed by atoms with Crippen molar-refractivity contribution in [3.63, 3.8) is 0 Å². The van der Waals surface area contributed by atoms with E-state index in [2.05, 4.69) is 10.6 Å². The number of hydrogen-bond donors (Lipinski definition) is 3. The summed E-state index contributed by atoms with van der Waals surface area (Å²) in [6, 6.07) is 0. The van der Waals surface area contributed by atoms with Crippen molar-refractivity contribution >= 4 is 29.9 Å². The van der Waals surface area contributed by atoms with Crippen LogP contribution in [0, 0.1) is 11.3 Å². The maximum Gasteiger partial charge on any atom is 0.401 e. The summed E-state index contributed by atoms with van der Waals surface area (Å²) in [5.74, 6) is 0.937. The Balaban J connectivity index is 0.00000392. The normalized spacial score (nSPS) is 23.3. The quantitative estimate of drug-likeness (QED) is 0.261. The molecule has 1 aliphatic carbocycles. The molecule has 0 bridgehead atoms. The molecule has 1 unspecified atom stereocenters. The van der Waals surface area contributed by atoms with Crippen LogP contribution < -0.4 is 10.6 Å². The molecule has 1 saturated heterocycles. The fourth-order valence-corrected chi connectivity index (χ4v) is 4.33. The molecule has 0 aromatic carbocycles. The smallest absolute Gasteiger partial charge is 0.396 e. The van der Waals surface area contributed by atoms with Crippen molar-refractivity contribution in [3.05, 3.63) is 0 Å². The van der Waals surface area contributed by atoms with Gasteiger partial charge in [-0.1, -0.05) is 19.3 Å². The van der Waals surface area contributed by atoms with Gasteiger partial charge in [0.2, 0.25) is 0 Å². The minimum absolute atomic E-state index is 0. The molecule has 1 aliphatic heterocycles. The number of alkyl halides is 3. The molecule has 1 atom stereocenters. The molecule has 2 aliphatic rings. The van der Waals surface area contributed by atoms with Crippen molar-refractivity contribution in [2.24, 2.45) is 16.3 Å². The molecule has 9 heteroatoms. The van der Waals surface area contributed by atoms with Crippen LogP contribution in [0.25, 0.3) is 0 Å². The SMILES string of the molecule is CCNC(=NCC1(CCO)CCCCC1)NCC1CCN(CC(F)(F)F)C1.I. The number of rotatable bonds is 8. The molecule has 3 N–H and O–H groups in total. The average Bonchev–Trinajstić information content (AvgIpc) is 3.04. The van der Waals surface area contributed by atoms with Crippen LogP contribution in [0.15, 0.2) is 4.99 Å². The first-order valence-corrected chi connectivity index (χ1v) is 10.3. The maximum absolute atomic E-state index is 12.5. The zero-order valence-electron chi connectivity index (χ0n) is 16.9. The van der Waals surface area contributed by atoms with Crippen LogP contribution in [0.1, 0.15) is 51.9 Å². The third-order valence-corrected chi connectivity index (χ3v) is 5.80. The average molecular weight is 520 g/mol. The topological polar surface area (TPSA) is 59.9 Å². The van der Waals surface area contributed by atoms with Gasteiger partial charge in [0.05, 0.1) is 6.54 Å². The highest BCUT2D eigenvalue weighted by molar-refractivity contribution is 14.0. The lowest BCUT2D eigenvalue weighted by Crippen LogP contribution is -2.41. The Morgan fingerprint density at radius 2 is 1.93 bits per heavy atom. The van der Waals surface area contributed by atoms with Crippen LogP contribution in [0.3, 0.4) is 0 Å². The van der Waals surface area contributed by atoms with Gasteiger partial charge < -0.3 is 15.7 Å². The summed E-state index contributed by atoms with van der Waals surface area (Å²) in [6.45, 7) is 4.41. The monoisotopic (exact) mass is 520 g/mol. The molecule has 5 nitrogen and oxygen atoms in total. The lowest BCUT2D eigenvalue weighted by molar-refractivity contribution is -0.143. The molecule has 166 valence electrons. The molecule has 0 aromatic heterocycles. The number of hydrogen-bond acceptors (Lipinski definition) is 3. The second kappa shape index (κ2) is 12.4. The summed E-state index contributed by atoms with van der Waals surface area (Å²) < 4.78 is 37.6. The van der Waals surface area contributed by atoms with Crippen LogP contribution in [0.5, 0.6) is 0 Å². The van der Waals surface area contributed by atoms with E-state index in [0.717, 1.165) is 38.2 Å². The minimum atomic E-state index is -4.13. The number of guanidine groups is 1. The van der Waals surface area contributed by atoms with Crippen molar-refractivity contribution in [1.29, 1.82) is 0 Å². The van der Waals surface area contributed by atoms with Crippen LogP contribution in [-0.4, -0.2) is 68.0 Å². The van der Waals surface area contributed by atoms with E-state index < -0.39 is 12.7 Å². The highest BCUT2D eigenvalue weighted by Gasteiger charge is 2.34. The van der Waals surface area contributed by atoms with Gasteiger partial charge in [0.25, 0.3) is 0 Å². The summed E-state index contributed by atoms with van der Waals surface area (Å²) in [5.41, 5.74) is 0.0895. The molecular formula is C19H36F3IN4O. The highest BCUT2D eigenvalue weighted by Crippen LogP contribution is 2.39. The van der Waals surface area contributed by atoms with E-state index in [1.165, 1.54) is 24.2 Å². The van der Waals surface area contributed by atoms with Gasteiger partial charge in [0.1, 0.15) is 0 Å². The third-order valence-electron chi connectivity index (χ3n) is 5.80. The van der Waals surface area contributed by atoms with Gasteiger partial charge in [0.15, 0.2) is 5.96 Å². The summed E-state index contributed by atoms with van der Waals surface area (Å²) >= 11 is 0. The number of aliphatic hydroxyl groups is 1. The molecule has 0 radical (unpaired) electrons. The molecule has 2 fully saturated rings. The zero-order chi connectivity index (χ0) is 19.8. The number of nitrogens with zero attached hydrogens (tertiary/aromatic N) is 2. The van der Waals surface area contributed by atoms with Crippen molar-refractivity contribution < 1.29 is 18.3 Å². The van der Waals surface area contributed by atoms with Gasteiger partial charge in [-0.25, -0.2) is 0 Å². The molecule has 1 saturated carbocycles. The predicted molar refractivity (Wildman–Crippen MR) is 117 cm³/mol. The van der Waals surface area contributed by atoms with Gasteiger partial charge in [0, 0.05) is 32.8 Å². The zero-order valence-corrected chi connectivity index (χ0v) is 19.2. The van der Waals surface area contributed by atoms with Crippen molar-refractivity contribution in [1.82, 2.24) is 15.5 Å². The molecule has 1 heterocycles. The van der Waals surface area contributed by atoms with E-state index in [9.17, 15) is 18.3 Å². The van der Waals surface area contributed by atoms with E-state index in [1.807, 2.05) is 6.92 Å². The van der Waals surface area contributed by atoms with E-state index in [1.54, 1.807) is 0 Å². The van der Waals surface area contributed by atoms with E-state index in [0.29, 0.717) is 26.2 Å². The molecule has 28 heavy (non-hydrogen) atoms. The summed E-state index contributed by atoms with van der Waals surface area (Å²) in [6.07, 6.45) is 3.27. The summed E-state index contributed by atoms with van der Waals surface area (Å²) in [4.78, 5) is 6.24. The molecule has 0 aromatic rings. The molecular weight excluding hydrogens is 484 g/mol. The number of aliphatic hydroxyl groups excluding tert-OH is 1. The van der Waals surface area contributed by atoms with E-state index in [-0.39, 0.29) is 41.9 Å². The van der Waals surface area contributed by atoms with E-state index in [4.69, 9.17) is 4.99 Å². The Bertz CT molecular complexity index is 465. The standard InChI is InChI=1S/C19H35F3N4O.HI/c1-2-23-17(25-14-18(9-11-27)7-4-3-5-8-18)24-12-16-6-10-26(13-16)15-19(20,21)22;/h16,27H,2-15H2,1H3,(H2,23,24,25);1H. The van der Waals surface area contributed by atoms with Crippen LogP contribution in [0.4, 0.5) is 13.2 Å². The fourth-order valence-electron chi connectivity index (χ4n) is 4.33. The Morgan fingerprint density at radius 1 is 1.21 bits per heavy atom. The second-order valence-electron chi connectivity index (χ2n) is 8.12. The summed E-state index contributed by atoms with van der Waals surface area (Å²) in [5, 5.41) is 16.0. The Morgan fingerprint density at radius 3 is 2.54 bits per heavy atom. The van der Waals surface area contributed by atoms with Gasteiger partial charge in [-0.3, -0.25) is 9.89 Å². The third kappa shape index (κ3) is 9.02. The lowest BCUT2D eigenvalue weighted by atomic mass is 9.72. The van der Waals surface area contributed by atoms with Gasteiger partial charge in [-0.2, -0.15) is 13.2 Å². The Kier molecular flexibility index (Phi) is 11.4. The molecule has 0 spiro atoms. The van der Waals surface area contributed by atoms with Gasteiger partial charge in [-0.15, -0.1) is 24.0 Å². The first kappa shape index (κ1) is 25.7. The minimum Gasteiger partial charge on any atom is -0.396 e. The number of likely N-dealkylation sites (tertiary alicyclic amines) is 1. The van der Waals surface area contributed by atoms with Crippen LogP contribution in [0.2, 0.25) is 0 Å². The largest absolute Gasteiger partial charge is 0.401 e. The highest BCUT2D eigenvalue weighted by atomic mass is 127. The van der Waals surface area contributed by atoms with E-state index >= 15 is 0 Å². The Hall–Kier alpha value is -0.290. The number of nitrogens with one attached hydrogen (secondary N) is 2. The maximum atomic E-state index is 12.5. The lowest BCUT2D eigenvalue weighted by Gasteiger charge is -2.35. The number of halogens is 4. The Labute approximate surface area is 183 Å². The number of aliphatic imine (C=N–C) groups is 1. The van der Waals surface area contributed by atoms with Crippen molar-refractivity contribution in [3.8, 4) is 0 Å². The predicted octanol–water partition coefficient (Wildman–Crippen LogP) is 3.38. The van der Waals surface area contributed by atoms with Crippen molar-refractivity contribution in [2.45, 2.75) is 58.0 Å². The second-order valence-corrected chi connectivity index (χ2v) is 8.12.